The SMILES string of the molecule is CC[C@H]1CC[C@H]2[C@@H]3CC[C@H]4CC[C@@H](N5CCNCC5)C[C@]4(C)[C@H]3CC[C@]12C. The highest BCUT2D eigenvalue weighted by Gasteiger charge is 2.60. The molecular weight excluding hydrogens is 328 g/mol. The molecule has 0 radical (unpaired) electrons. The number of nitrogens with one attached hydrogen (secondary N) is 1. The Morgan fingerprint density at radius 1 is 0.852 bits per heavy atom. The van der Waals surface area contributed by atoms with Crippen LogP contribution in [-0.4, -0.2) is 37.1 Å². The molecule has 1 saturated heterocycles. The van der Waals surface area contributed by atoms with E-state index in [-0.39, 0.29) is 0 Å². The Labute approximate surface area is 168 Å². The highest BCUT2D eigenvalue weighted by molar-refractivity contribution is 5.09. The van der Waals surface area contributed by atoms with Crippen molar-refractivity contribution >= 4 is 0 Å². The maximum absolute atomic E-state index is 3.56. The topological polar surface area (TPSA) is 15.3 Å². The summed E-state index contributed by atoms with van der Waals surface area (Å²) in [7, 11) is 0. The summed E-state index contributed by atoms with van der Waals surface area (Å²) in [6.07, 6.45) is 15.2. The number of piperazine rings is 1. The maximum Gasteiger partial charge on any atom is 0.0110 e. The van der Waals surface area contributed by atoms with Crippen LogP contribution in [0.3, 0.4) is 0 Å². The van der Waals surface area contributed by atoms with Crippen molar-refractivity contribution in [3.63, 3.8) is 0 Å². The van der Waals surface area contributed by atoms with Crippen molar-refractivity contribution < 1.29 is 0 Å². The quantitative estimate of drug-likeness (QED) is 0.705. The lowest BCUT2D eigenvalue weighted by Crippen LogP contribution is -2.57. The average Bonchev–Trinajstić information content (AvgIpc) is 3.04. The molecule has 154 valence electrons. The predicted molar refractivity (Wildman–Crippen MR) is 114 cm³/mol. The van der Waals surface area contributed by atoms with E-state index in [0.717, 1.165) is 35.6 Å². The minimum absolute atomic E-state index is 0.641. The molecule has 1 aliphatic heterocycles. The van der Waals surface area contributed by atoms with Gasteiger partial charge in [0.1, 0.15) is 0 Å². The summed E-state index contributed by atoms with van der Waals surface area (Å²) in [5.74, 6) is 5.21. The zero-order valence-electron chi connectivity index (χ0n) is 18.3. The van der Waals surface area contributed by atoms with Gasteiger partial charge >= 0.3 is 0 Å². The molecule has 27 heavy (non-hydrogen) atoms. The summed E-state index contributed by atoms with van der Waals surface area (Å²) in [4.78, 5) is 2.86. The fourth-order valence-electron chi connectivity index (χ4n) is 9.47. The van der Waals surface area contributed by atoms with Gasteiger partial charge in [-0.25, -0.2) is 0 Å². The van der Waals surface area contributed by atoms with E-state index in [9.17, 15) is 0 Å². The summed E-state index contributed by atoms with van der Waals surface area (Å²) in [6.45, 7) is 12.9. The first kappa shape index (κ1) is 18.9. The third-order valence-electron chi connectivity index (χ3n) is 10.9. The van der Waals surface area contributed by atoms with Crippen molar-refractivity contribution in [3.05, 3.63) is 0 Å². The van der Waals surface area contributed by atoms with Gasteiger partial charge in [0.2, 0.25) is 0 Å². The fraction of sp³-hybridized carbons (Fsp3) is 1.00. The van der Waals surface area contributed by atoms with Crippen molar-refractivity contribution in [3.8, 4) is 0 Å². The molecule has 1 N–H and O–H groups in total. The first-order valence-electron chi connectivity index (χ1n) is 12.5. The summed E-state index contributed by atoms with van der Waals surface area (Å²) in [5.41, 5.74) is 1.33. The van der Waals surface area contributed by atoms with E-state index in [0.29, 0.717) is 10.8 Å². The van der Waals surface area contributed by atoms with E-state index in [1.54, 1.807) is 25.7 Å². The van der Waals surface area contributed by atoms with Crippen molar-refractivity contribution in [1.82, 2.24) is 10.2 Å². The molecular formula is C25H44N2. The Morgan fingerprint density at radius 2 is 1.59 bits per heavy atom. The molecule has 1 heterocycles. The molecule has 0 unspecified atom stereocenters. The Kier molecular flexibility index (Phi) is 4.91. The van der Waals surface area contributed by atoms with Crippen LogP contribution in [0.1, 0.15) is 85.0 Å². The van der Waals surface area contributed by atoms with Gasteiger partial charge in [0, 0.05) is 32.2 Å². The lowest BCUT2D eigenvalue weighted by atomic mass is 9.44. The number of hydrogen-bond acceptors (Lipinski definition) is 2. The first-order chi connectivity index (χ1) is 13.1. The Balaban J connectivity index is 1.37. The molecule has 0 amide bonds. The molecule has 2 heteroatoms. The molecule has 5 fully saturated rings. The molecule has 0 spiro atoms. The van der Waals surface area contributed by atoms with E-state index in [1.165, 1.54) is 64.7 Å². The molecule has 0 bridgehead atoms. The van der Waals surface area contributed by atoms with Crippen molar-refractivity contribution in [2.24, 2.45) is 40.4 Å². The van der Waals surface area contributed by atoms with Crippen molar-refractivity contribution in [1.29, 1.82) is 0 Å². The number of hydrogen-bond donors (Lipinski definition) is 1. The van der Waals surface area contributed by atoms with Gasteiger partial charge in [-0.05, 0) is 98.2 Å². The molecule has 8 atom stereocenters. The molecule has 2 nitrogen and oxygen atoms in total. The Bertz CT molecular complexity index is 540. The van der Waals surface area contributed by atoms with Gasteiger partial charge in [0.05, 0.1) is 0 Å². The minimum atomic E-state index is 0.641. The van der Waals surface area contributed by atoms with Gasteiger partial charge in [-0.2, -0.15) is 0 Å². The smallest absolute Gasteiger partial charge is 0.0110 e. The van der Waals surface area contributed by atoms with Crippen LogP contribution in [0.15, 0.2) is 0 Å². The fourth-order valence-corrected chi connectivity index (χ4v) is 9.47. The van der Waals surface area contributed by atoms with Crippen molar-refractivity contribution in [2.75, 3.05) is 26.2 Å². The second-order valence-electron chi connectivity index (χ2n) is 11.6. The normalized spacial score (nSPS) is 53.4. The molecule has 4 saturated carbocycles. The van der Waals surface area contributed by atoms with Gasteiger partial charge in [-0.3, -0.25) is 4.90 Å². The molecule has 5 aliphatic rings. The zero-order valence-corrected chi connectivity index (χ0v) is 18.3. The lowest BCUT2D eigenvalue weighted by Gasteiger charge is -2.62. The van der Waals surface area contributed by atoms with Crippen LogP contribution < -0.4 is 5.32 Å². The molecule has 0 aromatic rings. The van der Waals surface area contributed by atoms with Crippen LogP contribution in [-0.2, 0) is 0 Å². The molecule has 5 rings (SSSR count). The van der Waals surface area contributed by atoms with E-state index in [4.69, 9.17) is 0 Å². The number of fused-ring (bicyclic) bond motifs is 5. The van der Waals surface area contributed by atoms with Crippen LogP contribution in [0.2, 0.25) is 0 Å². The number of nitrogens with zero attached hydrogens (tertiary/aromatic N) is 1. The van der Waals surface area contributed by atoms with E-state index < -0.39 is 0 Å². The standard InChI is InChI=1S/C25H44N2/c1-4-18-7-10-22-21-9-6-19-5-8-20(27-15-13-26-14-16-27)17-25(19,3)23(21)11-12-24(18,22)2/h18-23,26H,4-17H2,1-3H3/t18-,19+,20+,21-,22-,23-,24+,25-/m0/s1. The van der Waals surface area contributed by atoms with E-state index in [1.807, 2.05) is 0 Å². The van der Waals surface area contributed by atoms with Crippen LogP contribution in [0, 0.1) is 40.4 Å². The summed E-state index contributed by atoms with van der Waals surface area (Å²) in [5, 5.41) is 3.56. The van der Waals surface area contributed by atoms with Crippen LogP contribution in [0.5, 0.6) is 0 Å². The van der Waals surface area contributed by atoms with Crippen LogP contribution >= 0.6 is 0 Å². The van der Waals surface area contributed by atoms with E-state index >= 15 is 0 Å². The second kappa shape index (κ2) is 7.01. The summed E-state index contributed by atoms with van der Waals surface area (Å²) in [6, 6.07) is 0.882. The molecule has 4 aliphatic carbocycles. The Morgan fingerprint density at radius 3 is 2.37 bits per heavy atom. The van der Waals surface area contributed by atoms with Crippen LogP contribution in [0.25, 0.3) is 0 Å². The predicted octanol–water partition coefficient (Wildman–Crippen LogP) is 5.33. The largest absolute Gasteiger partial charge is 0.314 e. The second-order valence-corrected chi connectivity index (χ2v) is 11.6. The van der Waals surface area contributed by atoms with Crippen LogP contribution in [0.4, 0.5) is 0 Å². The molecule has 0 aromatic heterocycles. The third-order valence-corrected chi connectivity index (χ3v) is 10.9. The summed E-state index contributed by atoms with van der Waals surface area (Å²) < 4.78 is 0. The lowest BCUT2D eigenvalue weighted by molar-refractivity contribution is -0.124. The van der Waals surface area contributed by atoms with E-state index in [2.05, 4.69) is 31.0 Å². The minimum Gasteiger partial charge on any atom is -0.314 e. The van der Waals surface area contributed by atoms with Gasteiger partial charge in [-0.1, -0.05) is 27.2 Å². The Hall–Kier alpha value is -0.0800. The van der Waals surface area contributed by atoms with Crippen molar-refractivity contribution in [2.45, 2.75) is 91.0 Å². The van der Waals surface area contributed by atoms with Gasteiger partial charge in [0.25, 0.3) is 0 Å². The third kappa shape index (κ3) is 2.87. The van der Waals surface area contributed by atoms with Gasteiger partial charge < -0.3 is 5.32 Å². The summed E-state index contributed by atoms with van der Waals surface area (Å²) >= 11 is 0. The average molecular weight is 373 g/mol. The van der Waals surface area contributed by atoms with Gasteiger partial charge in [-0.15, -0.1) is 0 Å². The highest BCUT2D eigenvalue weighted by atomic mass is 15.2. The number of rotatable bonds is 2. The zero-order chi connectivity index (χ0) is 18.6. The monoisotopic (exact) mass is 372 g/mol. The van der Waals surface area contributed by atoms with Gasteiger partial charge in [0.15, 0.2) is 0 Å². The molecule has 0 aromatic carbocycles. The maximum atomic E-state index is 3.56. The first-order valence-corrected chi connectivity index (χ1v) is 12.5. The highest BCUT2D eigenvalue weighted by Crippen LogP contribution is 2.67.